The molecule has 1 aliphatic heterocycles. The van der Waals surface area contributed by atoms with Crippen LogP contribution in [0.3, 0.4) is 0 Å². The third-order valence-electron chi connectivity index (χ3n) is 5.34. The zero-order valence-electron chi connectivity index (χ0n) is 19.2. The first kappa shape index (κ1) is 24.6. The second-order valence-electron chi connectivity index (χ2n) is 7.70. The summed E-state index contributed by atoms with van der Waals surface area (Å²) in [4.78, 5) is 32.4. The first-order chi connectivity index (χ1) is 17.0. The maximum atomic E-state index is 13.4. The van der Waals surface area contributed by atoms with Crippen molar-refractivity contribution in [2.24, 2.45) is 4.99 Å². The van der Waals surface area contributed by atoms with Gasteiger partial charge in [-0.1, -0.05) is 47.6 Å². The van der Waals surface area contributed by atoms with Gasteiger partial charge in [-0.2, -0.15) is 0 Å². The molecule has 0 aliphatic carbocycles. The molecule has 0 saturated carbocycles. The fourth-order valence-electron chi connectivity index (χ4n) is 3.48. The van der Waals surface area contributed by atoms with Crippen LogP contribution in [0.1, 0.15) is 12.0 Å². The predicted octanol–water partition coefficient (Wildman–Crippen LogP) is 5.52. The number of para-hydroxylation sites is 1. The normalized spacial score (nSPS) is 16.4. The Labute approximate surface area is 213 Å². The Bertz CT molecular complexity index is 1230. The minimum Gasteiger partial charge on any atom is -0.497 e. The molecule has 0 spiro atoms. The fourth-order valence-corrected chi connectivity index (χ4v) is 4.82. The van der Waals surface area contributed by atoms with Crippen molar-refractivity contribution in [1.82, 2.24) is 4.90 Å². The molecule has 1 saturated heterocycles. The summed E-state index contributed by atoms with van der Waals surface area (Å²) in [5.74, 6) is 0.983. The molecule has 3 aromatic carbocycles. The zero-order valence-corrected chi connectivity index (χ0v) is 20.8. The Hall–Kier alpha value is -3.49. The van der Waals surface area contributed by atoms with Gasteiger partial charge < -0.3 is 14.8 Å². The van der Waals surface area contributed by atoms with E-state index < -0.39 is 5.25 Å². The number of carbonyl (C=O) groups excluding carboxylic acids is 2. The number of methoxy groups -OCH3 is 2. The number of hydrogen-bond donors (Lipinski definition) is 1. The summed E-state index contributed by atoms with van der Waals surface area (Å²) in [7, 11) is 3.20. The van der Waals surface area contributed by atoms with E-state index in [2.05, 4.69) is 5.32 Å². The first-order valence-electron chi connectivity index (χ1n) is 10.8. The third kappa shape index (κ3) is 6.15. The second-order valence-corrected chi connectivity index (χ2v) is 9.28. The van der Waals surface area contributed by atoms with Crippen LogP contribution in [0, 0.1) is 0 Å². The van der Waals surface area contributed by atoms with Crippen LogP contribution in [0.15, 0.2) is 77.8 Å². The van der Waals surface area contributed by atoms with Crippen LogP contribution in [0.2, 0.25) is 5.02 Å². The van der Waals surface area contributed by atoms with Crippen LogP contribution in [-0.4, -0.2) is 41.4 Å². The summed E-state index contributed by atoms with van der Waals surface area (Å²) in [6.45, 7) is 0.327. The lowest BCUT2D eigenvalue weighted by molar-refractivity contribution is -0.128. The maximum Gasteiger partial charge on any atom is 0.242 e. The molecule has 9 heteroatoms. The molecule has 1 aliphatic rings. The minimum atomic E-state index is -0.604. The molecule has 3 aromatic rings. The van der Waals surface area contributed by atoms with Crippen molar-refractivity contribution in [2.75, 3.05) is 19.5 Å². The molecule has 1 fully saturated rings. The summed E-state index contributed by atoms with van der Waals surface area (Å²) < 4.78 is 10.4. The predicted molar refractivity (Wildman–Crippen MR) is 140 cm³/mol. The molecule has 1 N–H and O–H groups in total. The molecule has 0 radical (unpaired) electrons. The quantitative estimate of drug-likeness (QED) is 0.432. The molecule has 1 atom stereocenters. The Morgan fingerprint density at radius 1 is 1.00 bits per heavy atom. The van der Waals surface area contributed by atoms with Gasteiger partial charge in [0.05, 0.1) is 37.2 Å². The molecule has 7 nitrogen and oxygen atoms in total. The van der Waals surface area contributed by atoms with Gasteiger partial charge in [0.2, 0.25) is 11.8 Å². The van der Waals surface area contributed by atoms with Crippen molar-refractivity contribution >= 4 is 51.7 Å². The van der Waals surface area contributed by atoms with Crippen molar-refractivity contribution in [3.8, 4) is 11.5 Å². The van der Waals surface area contributed by atoms with Crippen molar-refractivity contribution in [3.63, 3.8) is 0 Å². The van der Waals surface area contributed by atoms with E-state index in [-0.39, 0.29) is 18.2 Å². The highest BCUT2D eigenvalue weighted by atomic mass is 35.5. The molecule has 1 heterocycles. The van der Waals surface area contributed by atoms with Gasteiger partial charge in [-0.3, -0.25) is 14.5 Å². The topological polar surface area (TPSA) is 80.2 Å². The fraction of sp³-hybridized carbons (Fsp3) is 0.192. The number of thioether (sulfide) groups is 1. The Morgan fingerprint density at radius 2 is 1.63 bits per heavy atom. The summed E-state index contributed by atoms with van der Waals surface area (Å²) in [6.07, 6.45) is -0.00450. The number of amidine groups is 1. The number of anilines is 1. The maximum absolute atomic E-state index is 13.4. The van der Waals surface area contributed by atoms with Gasteiger partial charge in [-0.05, 0) is 54.1 Å². The van der Waals surface area contributed by atoms with Crippen LogP contribution in [0.5, 0.6) is 11.5 Å². The minimum absolute atomic E-state index is 0.00450. The third-order valence-corrected chi connectivity index (χ3v) is 6.84. The molecule has 4 rings (SSSR count). The molecular weight excluding hydrogens is 486 g/mol. The number of hydrogen-bond acceptors (Lipinski definition) is 6. The molecule has 2 amide bonds. The number of aliphatic imine (C=N–C) groups is 1. The molecule has 1 unspecified atom stereocenters. The molecule has 0 aromatic heterocycles. The van der Waals surface area contributed by atoms with E-state index in [0.29, 0.717) is 33.9 Å². The van der Waals surface area contributed by atoms with Gasteiger partial charge in [0.1, 0.15) is 16.7 Å². The highest BCUT2D eigenvalue weighted by Crippen LogP contribution is 2.34. The average molecular weight is 510 g/mol. The number of ether oxygens (including phenoxy) is 2. The highest BCUT2D eigenvalue weighted by Gasteiger charge is 2.39. The number of rotatable bonds is 8. The largest absolute Gasteiger partial charge is 0.497 e. The van der Waals surface area contributed by atoms with Gasteiger partial charge in [-0.15, -0.1) is 0 Å². The second kappa shape index (κ2) is 11.3. The van der Waals surface area contributed by atoms with Crippen molar-refractivity contribution in [3.05, 3.63) is 83.4 Å². The van der Waals surface area contributed by atoms with E-state index >= 15 is 0 Å². The summed E-state index contributed by atoms with van der Waals surface area (Å²) in [5, 5.41) is 3.16. The Kier molecular flexibility index (Phi) is 7.94. The van der Waals surface area contributed by atoms with Gasteiger partial charge in [0.15, 0.2) is 5.17 Å². The number of carbonyl (C=O) groups is 2. The molecule has 180 valence electrons. The molecular formula is C26H24ClN3O4S. The lowest BCUT2D eigenvalue weighted by Gasteiger charge is -2.17. The number of benzene rings is 3. The summed E-state index contributed by atoms with van der Waals surface area (Å²) >= 11 is 7.43. The van der Waals surface area contributed by atoms with Gasteiger partial charge in [-0.25, -0.2) is 4.99 Å². The lowest BCUT2D eigenvalue weighted by atomic mass is 10.2. The number of nitrogens with one attached hydrogen (secondary N) is 1. The van der Waals surface area contributed by atoms with Crippen LogP contribution >= 0.6 is 23.4 Å². The average Bonchev–Trinajstić information content (AvgIpc) is 3.15. The lowest BCUT2D eigenvalue weighted by Crippen LogP contribution is -2.33. The van der Waals surface area contributed by atoms with Gasteiger partial charge >= 0.3 is 0 Å². The standard InChI is InChI=1S/C26H24ClN3O4S/c1-33-19-11-7-17(8-12-19)16-30-25(32)23(15-24(31)29-22-6-4-3-5-21(22)27)35-26(30)28-18-9-13-20(34-2)14-10-18/h3-14,23H,15-16H2,1-2H3,(H,29,31). The van der Waals surface area contributed by atoms with Crippen LogP contribution in [0.25, 0.3) is 0 Å². The number of halogens is 1. The van der Waals surface area contributed by atoms with Crippen LogP contribution in [0.4, 0.5) is 11.4 Å². The van der Waals surface area contributed by atoms with Crippen LogP contribution < -0.4 is 14.8 Å². The zero-order chi connectivity index (χ0) is 24.8. The molecule has 0 bridgehead atoms. The number of amides is 2. The van der Waals surface area contributed by atoms with E-state index in [1.54, 1.807) is 43.4 Å². The summed E-state index contributed by atoms with van der Waals surface area (Å²) in [6, 6.07) is 21.7. The van der Waals surface area contributed by atoms with E-state index in [9.17, 15) is 9.59 Å². The van der Waals surface area contributed by atoms with E-state index in [1.165, 1.54) is 11.8 Å². The summed E-state index contributed by atoms with van der Waals surface area (Å²) in [5.41, 5.74) is 2.11. The molecule has 35 heavy (non-hydrogen) atoms. The van der Waals surface area contributed by atoms with Gasteiger partial charge in [0, 0.05) is 6.42 Å². The highest BCUT2D eigenvalue weighted by molar-refractivity contribution is 8.15. The van der Waals surface area contributed by atoms with Crippen LogP contribution in [-0.2, 0) is 16.1 Å². The van der Waals surface area contributed by atoms with Crippen molar-refractivity contribution < 1.29 is 19.1 Å². The van der Waals surface area contributed by atoms with E-state index in [0.717, 1.165) is 11.3 Å². The smallest absolute Gasteiger partial charge is 0.242 e. The Balaban J connectivity index is 1.55. The van der Waals surface area contributed by atoms with E-state index in [1.807, 2.05) is 48.5 Å². The van der Waals surface area contributed by atoms with Crippen molar-refractivity contribution in [1.29, 1.82) is 0 Å². The van der Waals surface area contributed by atoms with E-state index in [4.69, 9.17) is 26.1 Å². The SMILES string of the molecule is COc1ccc(CN2C(=O)C(CC(=O)Nc3ccccc3Cl)SC2=Nc2ccc(OC)cc2)cc1. The van der Waals surface area contributed by atoms with Gasteiger partial charge in [0.25, 0.3) is 0 Å². The first-order valence-corrected chi connectivity index (χ1v) is 12.1. The van der Waals surface area contributed by atoms with Crippen molar-refractivity contribution in [2.45, 2.75) is 18.2 Å². The number of nitrogens with zero attached hydrogens (tertiary/aromatic N) is 2. The monoisotopic (exact) mass is 509 g/mol. The Morgan fingerprint density at radius 3 is 2.26 bits per heavy atom.